The van der Waals surface area contributed by atoms with Gasteiger partial charge >= 0.3 is 0 Å². The molecule has 1 heteroatoms. The summed E-state index contributed by atoms with van der Waals surface area (Å²) in [6.07, 6.45) is 2.35. The highest BCUT2D eigenvalue weighted by Crippen LogP contribution is 2.05. The van der Waals surface area contributed by atoms with Crippen molar-refractivity contribution in [1.82, 2.24) is 0 Å². The summed E-state index contributed by atoms with van der Waals surface area (Å²) in [7, 11) is 0. The molecule has 1 nitrogen and oxygen atoms in total. The maximum atomic E-state index is 6.60. The molecule has 0 amide bonds. The minimum Gasteiger partial charge on any atom is -0.303 e. The van der Waals surface area contributed by atoms with Gasteiger partial charge in [0.2, 0.25) is 0 Å². The Hall–Kier alpha value is -0.330. The lowest BCUT2D eigenvalue weighted by atomic mass is 10.00. The molecule has 0 aromatic rings. The molecule has 0 fully saturated rings. The van der Waals surface area contributed by atoms with Crippen LogP contribution >= 0.6 is 0 Å². The van der Waals surface area contributed by atoms with Gasteiger partial charge < -0.3 is 5.41 Å². The summed E-state index contributed by atoms with van der Waals surface area (Å²) in [5.41, 5.74) is -0.0417. The van der Waals surface area contributed by atoms with Crippen molar-refractivity contribution >= 4 is 6.21 Å². The van der Waals surface area contributed by atoms with Crippen molar-refractivity contribution in [2.24, 2.45) is 5.41 Å². The first-order chi connectivity index (χ1) is 2.56. The normalized spacial score (nSPS) is 11.2. The first-order valence-electron chi connectivity index (χ1n) is 2.00. The predicted molar refractivity (Wildman–Crippen MR) is 27.2 cm³/mol. The van der Waals surface area contributed by atoms with Crippen LogP contribution < -0.4 is 0 Å². The monoisotopic (exact) mass is 84.1 g/mol. The molecule has 0 bridgehead atoms. The van der Waals surface area contributed by atoms with Gasteiger partial charge in [0.15, 0.2) is 0 Å². The lowest BCUT2D eigenvalue weighted by molar-refractivity contribution is 0.604. The minimum atomic E-state index is -0.0417. The van der Waals surface area contributed by atoms with E-state index in [4.69, 9.17) is 5.41 Å². The Bertz CT molecular complexity index is 49.4. The third-order valence-electron chi connectivity index (χ3n) is 0.375. The summed E-state index contributed by atoms with van der Waals surface area (Å²) in [4.78, 5) is 0. The summed E-state index contributed by atoms with van der Waals surface area (Å²) in [5, 5.41) is 6.60. The molecular formula is C5H10N. The van der Waals surface area contributed by atoms with Gasteiger partial charge in [-0.2, -0.15) is 0 Å². The average Bonchev–Trinajstić information content (AvgIpc) is 1.35. The van der Waals surface area contributed by atoms with Crippen molar-refractivity contribution in [1.29, 1.82) is 5.41 Å². The van der Waals surface area contributed by atoms with Crippen LogP contribution in [-0.2, 0) is 0 Å². The Balaban J connectivity index is 3.45. The standard InChI is InChI=1S/C5H10N/c1-5(2,3)4-6/h6H,1-3H3. The average molecular weight is 84.1 g/mol. The molecule has 0 aliphatic heterocycles. The van der Waals surface area contributed by atoms with Gasteiger partial charge in [0.25, 0.3) is 0 Å². The third kappa shape index (κ3) is 3.67. The van der Waals surface area contributed by atoms with E-state index >= 15 is 0 Å². The van der Waals surface area contributed by atoms with E-state index < -0.39 is 0 Å². The molecule has 0 atom stereocenters. The first-order valence-corrected chi connectivity index (χ1v) is 2.00. The number of rotatable bonds is 0. The molecule has 0 saturated carbocycles. The van der Waals surface area contributed by atoms with Crippen molar-refractivity contribution < 1.29 is 0 Å². The highest BCUT2D eigenvalue weighted by atomic mass is 14.4. The minimum absolute atomic E-state index is 0.0417. The van der Waals surface area contributed by atoms with Gasteiger partial charge in [-0.1, -0.05) is 20.8 Å². The Morgan fingerprint density at radius 3 is 1.50 bits per heavy atom. The van der Waals surface area contributed by atoms with Crippen LogP contribution in [-0.4, -0.2) is 6.21 Å². The molecule has 1 radical (unpaired) electrons. The van der Waals surface area contributed by atoms with Gasteiger partial charge in [-0.25, -0.2) is 0 Å². The maximum absolute atomic E-state index is 6.60. The highest BCUT2D eigenvalue weighted by molar-refractivity contribution is 5.59. The zero-order valence-corrected chi connectivity index (χ0v) is 4.50. The van der Waals surface area contributed by atoms with Crippen LogP contribution in [0.25, 0.3) is 0 Å². The van der Waals surface area contributed by atoms with Crippen LogP contribution in [0.1, 0.15) is 20.8 Å². The van der Waals surface area contributed by atoms with E-state index in [-0.39, 0.29) is 5.41 Å². The fraction of sp³-hybridized carbons (Fsp3) is 0.800. The Labute approximate surface area is 38.9 Å². The van der Waals surface area contributed by atoms with Gasteiger partial charge in [0.1, 0.15) is 0 Å². The van der Waals surface area contributed by atoms with Crippen molar-refractivity contribution in [3.05, 3.63) is 0 Å². The quantitative estimate of drug-likeness (QED) is 0.431. The smallest absolute Gasteiger partial charge is 0.0580 e. The summed E-state index contributed by atoms with van der Waals surface area (Å²) in [6.45, 7) is 5.83. The fourth-order valence-electron chi connectivity index (χ4n) is 0. The lowest BCUT2D eigenvalue weighted by Gasteiger charge is -2.05. The van der Waals surface area contributed by atoms with E-state index in [2.05, 4.69) is 6.21 Å². The van der Waals surface area contributed by atoms with E-state index in [1.165, 1.54) is 0 Å². The van der Waals surface area contributed by atoms with Crippen LogP contribution in [0.3, 0.4) is 0 Å². The van der Waals surface area contributed by atoms with E-state index in [1.54, 1.807) is 0 Å². The lowest BCUT2D eigenvalue weighted by Crippen LogP contribution is -2.03. The van der Waals surface area contributed by atoms with Crippen molar-refractivity contribution in [3.63, 3.8) is 0 Å². The number of hydrogen-bond donors (Lipinski definition) is 1. The fourth-order valence-corrected chi connectivity index (χ4v) is 0. The molecular weight excluding hydrogens is 74.1 g/mol. The first kappa shape index (κ1) is 5.67. The van der Waals surface area contributed by atoms with Crippen molar-refractivity contribution in [3.8, 4) is 0 Å². The summed E-state index contributed by atoms with van der Waals surface area (Å²) in [6, 6.07) is 0. The van der Waals surface area contributed by atoms with Crippen LogP contribution in [0.4, 0.5) is 0 Å². The van der Waals surface area contributed by atoms with Crippen molar-refractivity contribution in [2.45, 2.75) is 20.8 Å². The van der Waals surface area contributed by atoms with Gasteiger partial charge in [-0.3, -0.25) is 0 Å². The molecule has 0 aromatic carbocycles. The predicted octanol–water partition coefficient (Wildman–Crippen LogP) is 1.56. The van der Waals surface area contributed by atoms with Crippen LogP contribution in [0, 0.1) is 10.8 Å². The molecule has 0 heterocycles. The van der Waals surface area contributed by atoms with E-state index in [0.29, 0.717) is 0 Å². The molecule has 35 valence electrons. The van der Waals surface area contributed by atoms with Gasteiger partial charge in [-0.15, -0.1) is 0 Å². The van der Waals surface area contributed by atoms with Crippen LogP contribution in [0.2, 0.25) is 0 Å². The number of hydrogen-bond acceptors (Lipinski definition) is 1. The Morgan fingerprint density at radius 2 is 1.50 bits per heavy atom. The van der Waals surface area contributed by atoms with Crippen LogP contribution in [0.5, 0.6) is 0 Å². The van der Waals surface area contributed by atoms with Gasteiger partial charge in [0.05, 0.1) is 6.21 Å². The molecule has 0 aliphatic carbocycles. The number of nitrogens with one attached hydrogen (secondary N) is 1. The summed E-state index contributed by atoms with van der Waals surface area (Å²) < 4.78 is 0. The molecule has 0 spiro atoms. The highest BCUT2D eigenvalue weighted by Gasteiger charge is 2.02. The van der Waals surface area contributed by atoms with E-state index in [1.807, 2.05) is 20.8 Å². The Kier molecular flexibility index (Phi) is 1.34. The molecule has 0 rings (SSSR count). The third-order valence-corrected chi connectivity index (χ3v) is 0.375. The second-order valence-corrected chi connectivity index (χ2v) is 2.38. The second kappa shape index (κ2) is 1.41. The van der Waals surface area contributed by atoms with Crippen molar-refractivity contribution in [2.75, 3.05) is 0 Å². The Morgan fingerprint density at radius 1 is 1.33 bits per heavy atom. The second-order valence-electron chi connectivity index (χ2n) is 2.38. The maximum Gasteiger partial charge on any atom is 0.0580 e. The van der Waals surface area contributed by atoms with E-state index in [9.17, 15) is 0 Å². The van der Waals surface area contributed by atoms with Crippen LogP contribution in [0.15, 0.2) is 0 Å². The molecule has 6 heavy (non-hydrogen) atoms. The van der Waals surface area contributed by atoms with Gasteiger partial charge in [-0.05, 0) is 0 Å². The molecule has 0 unspecified atom stereocenters. The largest absolute Gasteiger partial charge is 0.303 e. The zero-order chi connectivity index (χ0) is 5.21. The molecule has 0 aliphatic rings. The molecule has 0 aromatic heterocycles. The topological polar surface area (TPSA) is 23.9 Å². The summed E-state index contributed by atoms with van der Waals surface area (Å²) in [5.74, 6) is 0. The summed E-state index contributed by atoms with van der Waals surface area (Å²) >= 11 is 0. The van der Waals surface area contributed by atoms with E-state index in [0.717, 1.165) is 0 Å². The van der Waals surface area contributed by atoms with Gasteiger partial charge in [0, 0.05) is 5.41 Å². The SMILES string of the molecule is CC(C)(C)[C]=N. The molecule has 1 N–H and O–H groups in total. The molecule has 0 saturated heterocycles. The zero-order valence-electron chi connectivity index (χ0n) is 4.50.